The Morgan fingerprint density at radius 2 is 1.89 bits per heavy atom. The van der Waals surface area contributed by atoms with Gasteiger partial charge >= 0.3 is 0 Å². The molecule has 3 aromatic rings. The van der Waals surface area contributed by atoms with Gasteiger partial charge in [0.2, 0.25) is 5.89 Å². The summed E-state index contributed by atoms with van der Waals surface area (Å²) < 4.78 is 11.3. The highest BCUT2D eigenvalue weighted by Gasteiger charge is 2.19. The van der Waals surface area contributed by atoms with Crippen LogP contribution in [0.1, 0.15) is 17.5 Å². The van der Waals surface area contributed by atoms with E-state index in [1.807, 2.05) is 30.3 Å². The van der Waals surface area contributed by atoms with Crippen LogP contribution in [0.25, 0.3) is 11.5 Å². The fraction of sp³-hybridized carbons (Fsp3) is 0.0769. The third-order valence-corrected chi connectivity index (χ3v) is 3.33. The third kappa shape index (κ3) is 2.32. The van der Waals surface area contributed by atoms with Crippen LogP contribution in [0.3, 0.4) is 0 Å². The molecule has 0 aliphatic heterocycles. The van der Waals surface area contributed by atoms with Crippen molar-refractivity contribution in [3.63, 3.8) is 0 Å². The van der Waals surface area contributed by atoms with Gasteiger partial charge in [0.05, 0.1) is 11.8 Å². The SMILES string of the molecule is NC(c1ccccc1)c1nnc(-c2ccoc2Br)o1. The largest absolute Gasteiger partial charge is 0.457 e. The third-order valence-electron chi connectivity index (χ3n) is 2.71. The molecule has 0 aliphatic rings. The second-order valence-electron chi connectivity index (χ2n) is 3.94. The van der Waals surface area contributed by atoms with Crippen molar-refractivity contribution in [1.82, 2.24) is 10.2 Å². The lowest BCUT2D eigenvalue weighted by atomic mass is 10.1. The molecule has 2 aromatic heterocycles. The van der Waals surface area contributed by atoms with Gasteiger partial charge in [-0.2, -0.15) is 0 Å². The number of nitrogens with zero attached hydrogens (tertiary/aromatic N) is 2. The van der Waals surface area contributed by atoms with Gasteiger partial charge in [-0.15, -0.1) is 10.2 Å². The van der Waals surface area contributed by atoms with Crippen LogP contribution in [0.5, 0.6) is 0 Å². The van der Waals surface area contributed by atoms with Gasteiger partial charge in [-0.1, -0.05) is 30.3 Å². The fourth-order valence-corrected chi connectivity index (χ4v) is 2.13. The Morgan fingerprint density at radius 3 is 2.58 bits per heavy atom. The second-order valence-corrected chi connectivity index (χ2v) is 4.66. The standard InChI is InChI=1S/C13H10BrN3O2/c14-11-9(6-7-18-11)12-16-17-13(19-12)10(15)8-4-2-1-3-5-8/h1-7,10H,15H2. The Labute approximate surface area is 117 Å². The first-order chi connectivity index (χ1) is 9.25. The van der Waals surface area contributed by atoms with E-state index in [-0.39, 0.29) is 0 Å². The van der Waals surface area contributed by atoms with E-state index in [4.69, 9.17) is 14.6 Å². The minimum atomic E-state index is -0.437. The molecule has 0 spiro atoms. The summed E-state index contributed by atoms with van der Waals surface area (Å²) in [6.45, 7) is 0. The number of halogens is 1. The molecule has 1 unspecified atom stereocenters. The Bertz CT molecular complexity index is 678. The van der Waals surface area contributed by atoms with Crippen molar-refractivity contribution in [3.8, 4) is 11.5 Å². The zero-order valence-electron chi connectivity index (χ0n) is 9.79. The maximum atomic E-state index is 6.09. The zero-order valence-corrected chi connectivity index (χ0v) is 11.4. The lowest BCUT2D eigenvalue weighted by Gasteiger charge is -2.05. The van der Waals surface area contributed by atoms with Crippen molar-refractivity contribution < 1.29 is 8.83 Å². The van der Waals surface area contributed by atoms with Gasteiger partial charge in [-0.3, -0.25) is 0 Å². The Kier molecular flexibility index (Phi) is 3.18. The summed E-state index contributed by atoms with van der Waals surface area (Å²) in [5.41, 5.74) is 7.72. The van der Waals surface area contributed by atoms with Gasteiger partial charge in [0.1, 0.15) is 6.04 Å². The van der Waals surface area contributed by atoms with Gasteiger partial charge < -0.3 is 14.6 Å². The molecule has 0 aliphatic carbocycles. The highest BCUT2D eigenvalue weighted by molar-refractivity contribution is 9.10. The minimum absolute atomic E-state index is 0.370. The molecule has 6 heteroatoms. The molecule has 0 amide bonds. The quantitative estimate of drug-likeness (QED) is 0.802. The topological polar surface area (TPSA) is 78.1 Å². The van der Waals surface area contributed by atoms with Crippen molar-refractivity contribution in [3.05, 3.63) is 58.8 Å². The summed E-state index contributed by atoms with van der Waals surface area (Å²) in [6.07, 6.45) is 1.54. The molecule has 1 aromatic carbocycles. The van der Waals surface area contributed by atoms with E-state index in [1.54, 1.807) is 12.3 Å². The van der Waals surface area contributed by atoms with Crippen molar-refractivity contribution in [1.29, 1.82) is 0 Å². The molecule has 0 radical (unpaired) electrons. The molecule has 2 heterocycles. The predicted octanol–water partition coefficient (Wildman–Crippen LogP) is 3.14. The highest BCUT2D eigenvalue weighted by Crippen LogP contribution is 2.29. The molecule has 0 saturated carbocycles. The molecular weight excluding hydrogens is 310 g/mol. The number of aromatic nitrogens is 2. The van der Waals surface area contributed by atoms with E-state index in [2.05, 4.69) is 26.1 Å². The van der Waals surface area contributed by atoms with Crippen molar-refractivity contribution in [2.45, 2.75) is 6.04 Å². The molecule has 19 heavy (non-hydrogen) atoms. The first kappa shape index (κ1) is 12.1. The number of hydrogen-bond acceptors (Lipinski definition) is 5. The number of hydrogen-bond donors (Lipinski definition) is 1. The van der Waals surface area contributed by atoms with Crippen LogP contribution in [0, 0.1) is 0 Å². The molecule has 0 saturated heterocycles. The first-order valence-corrected chi connectivity index (χ1v) is 6.42. The van der Waals surface area contributed by atoms with E-state index in [0.717, 1.165) is 5.56 Å². The lowest BCUT2D eigenvalue weighted by Crippen LogP contribution is -2.11. The first-order valence-electron chi connectivity index (χ1n) is 5.63. The molecule has 1 atom stereocenters. The van der Waals surface area contributed by atoms with Gasteiger partial charge in [-0.05, 0) is 27.6 Å². The Hall–Kier alpha value is -1.92. The van der Waals surface area contributed by atoms with Crippen molar-refractivity contribution >= 4 is 15.9 Å². The maximum absolute atomic E-state index is 6.09. The van der Waals surface area contributed by atoms with Crippen LogP contribution in [0.15, 0.2) is 56.2 Å². The van der Waals surface area contributed by atoms with E-state index >= 15 is 0 Å². The van der Waals surface area contributed by atoms with Crippen LogP contribution in [0.4, 0.5) is 0 Å². The Balaban J connectivity index is 1.92. The summed E-state index contributed by atoms with van der Waals surface area (Å²) in [5.74, 6) is 0.747. The fourth-order valence-electron chi connectivity index (χ4n) is 1.72. The summed E-state index contributed by atoms with van der Waals surface area (Å²) in [7, 11) is 0. The van der Waals surface area contributed by atoms with E-state index < -0.39 is 6.04 Å². The average molecular weight is 320 g/mol. The van der Waals surface area contributed by atoms with E-state index in [0.29, 0.717) is 22.0 Å². The van der Waals surface area contributed by atoms with Crippen LogP contribution in [0.2, 0.25) is 0 Å². The zero-order chi connectivity index (χ0) is 13.2. The molecule has 0 bridgehead atoms. The van der Waals surface area contributed by atoms with E-state index in [1.165, 1.54) is 0 Å². The number of rotatable bonds is 3. The molecular formula is C13H10BrN3O2. The summed E-state index contributed by atoms with van der Waals surface area (Å²) in [4.78, 5) is 0. The van der Waals surface area contributed by atoms with Crippen molar-refractivity contribution in [2.75, 3.05) is 0 Å². The molecule has 3 rings (SSSR count). The van der Waals surface area contributed by atoms with Crippen LogP contribution in [-0.4, -0.2) is 10.2 Å². The highest BCUT2D eigenvalue weighted by atomic mass is 79.9. The molecule has 5 nitrogen and oxygen atoms in total. The molecule has 0 fully saturated rings. The van der Waals surface area contributed by atoms with Gasteiger partial charge in [0.25, 0.3) is 5.89 Å². The van der Waals surface area contributed by atoms with Crippen LogP contribution < -0.4 is 5.73 Å². The summed E-state index contributed by atoms with van der Waals surface area (Å²) in [5, 5.41) is 7.96. The van der Waals surface area contributed by atoms with Crippen molar-refractivity contribution in [2.24, 2.45) is 5.73 Å². The number of furan rings is 1. The van der Waals surface area contributed by atoms with Gasteiger partial charge in [0.15, 0.2) is 4.67 Å². The minimum Gasteiger partial charge on any atom is -0.457 e. The number of benzene rings is 1. The molecule has 2 N–H and O–H groups in total. The van der Waals surface area contributed by atoms with Crippen LogP contribution >= 0.6 is 15.9 Å². The monoisotopic (exact) mass is 319 g/mol. The summed E-state index contributed by atoms with van der Waals surface area (Å²) in [6, 6.07) is 10.9. The normalized spacial score (nSPS) is 12.5. The average Bonchev–Trinajstić information content (AvgIpc) is 3.07. The smallest absolute Gasteiger partial charge is 0.252 e. The second kappa shape index (κ2) is 4.99. The summed E-state index contributed by atoms with van der Waals surface area (Å²) >= 11 is 3.27. The number of nitrogens with two attached hydrogens (primary N) is 1. The van der Waals surface area contributed by atoms with Gasteiger partial charge in [-0.25, -0.2) is 0 Å². The van der Waals surface area contributed by atoms with Gasteiger partial charge in [0, 0.05) is 0 Å². The lowest BCUT2D eigenvalue weighted by molar-refractivity contribution is 0.481. The van der Waals surface area contributed by atoms with Crippen LogP contribution in [-0.2, 0) is 0 Å². The van der Waals surface area contributed by atoms with E-state index in [9.17, 15) is 0 Å². The predicted molar refractivity (Wildman–Crippen MR) is 72.2 cm³/mol. The Morgan fingerprint density at radius 1 is 1.11 bits per heavy atom. The maximum Gasteiger partial charge on any atom is 0.252 e. The molecule has 96 valence electrons.